The molecule has 0 heterocycles. The molecule has 0 saturated heterocycles. The largest absolute Gasteiger partial charge is 0.330 e. The van der Waals surface area contributed by atoms with E-state index in [1.165, 1.54) is 5.56 Å². The van der Waals surface area contributed by atoms with Crippen LogP contribution in [0.25, 0.3) is 0 Å². The number of benzene rings is 1. The standard InChI is InChI=1S/C12H18FNO2S/c1-10(7-11-5-3-2-4-6-11)14-8-12(16-13)9-17-15/h2-6,10,12,14-15H,7-9H2,1H3. The van der Waals surface area contributed by atoms with Gasteiger partial charge in [0.05, 0.1) is 5.75 Å². The summed E-state index contributed by atoms with van der Waals surface area (Å²) in [5, 5.41) is 3.18. The fourth-order valence-corrected chi connectivity index (χ4v) is 1.91. The highest BCUT2D eigenvalue weighted by Gasteiger charge is 2.11. The van der Waals surface area contributed by atoms with Crippen molar-refractivity contribution in [2.45, 2.75) is 25.5 Å². The second-order valence-corrected chi connectivity index (χ2v) is 4.60. The zero-order chi connectivity index (χ0) is 12.5. The molecule has 5 heteroatoms. The van der Waals surface area contributed by atoms with Crippen LogP contribution in [0.15, 0.2) is 30.3 Å². The molecule has 1 aromatic rings. The average Bonchev–Trinajstić information content (AvgIpc) is 2.35. The highest BCUT2D eigenvalue weighted by atomic mass is 32.2. The minimum absolute atomic E-state index is 0.224. The second kappa shape index (κ2) is 8.47. The summed E-state index contributed by atoms with van der Waals surface area (Å²) < 4.78 is 20.7. The molecule has 3 nitrogen and oxygen atoms in total. The molecule has 0 saturated carbocycles. The van der Waals surface area contributed by atoms with Crippen LogP contribution >= 0.6 is 12.0 Å². The minimum Gasteiger partial charge on any atom is -0.330 e. The third-order valence-electron chi connectivity index (χ3n) is 2.47. The van der Waals surface area contributed by atoms with Crippen LogP contribution in [0.3, 0.4) is 0 Å². The van der Waals surface area contributed by atoms with Crippen LogP contribution in [0.5, 0.6) is 0 Å². The molecule has 96 valence electrons. The predicted octanol–water partition coefficient (Wildman–Crippen LogP) is 2.68. The van der Waals surface area contributed by atoms with Crippen LogP contribution in [0, 0.1) is 0 Å². The number of nitrogens with one attached hydrogen (secondary N) is 1. The van der Waals surface area contributed by atoms with Crippen molar-refractivity contribution in [1.29, 1.82) is 0 Å². The quantitative estimate of drug-likeness (QED) is 0.704. The van der Waals surface area contributed by atoms with Gasteiger partial charge in [-0.3, -0.25) is 0 Å². The molecule has 0 fully saturated rings. The molecule has 0 bridgehead atoms. The fourth-order valence-electron chi connectivity index (χ4n) is 1.57. The van der Waals surface area contributed by atoms with Crippen LogP contribution in [0.2, 0.25) is 0 Å². The van der Waals surface area contributed by atoms with E-state index in [-0.39, 0.29) is 11.8 Å². The van der Waals surface area contributed by atoms with Crippen LogP contribution in [-0.2, 0) is 11.4 Å². The van der Waals surface area contributed by atoms with Crippen LogP contribution in [0.4, 0.5) is 4.53 Å². The number of halogens is 1. The minimum atomic E-state index is -0.608. The van der Waals surface area contributed by atoms with E-state index < -0.39 is 6.10 Å². The Morgan fingerprint density at radius 1 is 1.41 bits per heavy atom. The maximum atomic E-state index is 12.1. The van der Waals surface area contributed by atoms with E-state index in [0.717, 1.165) is 6.42 Å². The summed E-state index contributed by atoms with van der Waals surface area (Å²) in [5.74, 6) is 0.224. The number of hydrogen-bond donors (Lipinski definition) is 2. The highest BCUT2D eigenvalue weighted by Crippen LogP contribution is 2.04. The molecule has 0 amide bonds. The van der Waals surface area contributed by atoms with Gasteiger partial charge in [-0.1, -0.05) is 30.3 Å². The Balaban J connectivity index is 2.27. The normalized spacial score (nSPS) is 14.5. The lowest BCUT2D eigenvalue weighted by atomic mass is 10.1. The molecule has 1 aromatic carbocycles. The van der Waals surface area contributed by atoms with Crippen molar-refractivity contribution in [3.8, 4) is 0 Å². The van der Waals surface area contributed by atoms with E-state index in [1.807, 2.05) is 25.1 Å². The topological polar surface area (TPSA) is 41.5 Å². The zero-order valence-electron chi connectivity index (χ0n) is 9.80. The Morgan fingerprint density at radius 2 is 2.12 bits per heavy atom. The summed E-state index contributed by atoms with van der Waals surface area (Å²) in [6, 6.07) is 10.3. The first-order chi connectivity index (χ1) is 8.26. The molecule has 0 aliphatic carbocycles. The summed E-state index contributed by atoms with van der Waals surface area (Å²) in [5.41, 5.74) is 1.24. The van der Waals surface area contributed by atoms with Gasteiger partial charge in [-0.05, 0) is 35.5 Å². The van der Waals surface area contributed by atoms with Gasteiger partial charge in [0.15, 0.2) is 0 Å². The Labute approximate surface area is 105 Å². The lowest BCUT2D eigenvalue weighted by molar-refractivity contribution is -0.169. The average molecular weight is 259 g/mol. The smallest absolute Gasteiger partial charge is 0.122 e. The Hall–Kier alpha value is -0.620. The van der Waals surface area contributed by atoms with Crippen molar-refractivity contribution in [3.05, 3.63) is 35.9 Å². The summed E-state index contributed by atoms with van der Waals surface area (Å²) in [4.78, 5) is 3.75. The van der Waals surface area contributed by atoms with Crippen molar-refractivity contribution in [2.75, 3.05) is 12.3 Å². The highest BCUT2D eigenvalue weighted by molar-refractivity contribution is 7.93. The SMILES string of the molecule is CC(Cc1ccccc1)NCC(CSO)OF. The van der Waals surface area contributed by atoms with E-state index in [0.29, 0.717) is 18.6 Å². The molecule has 0 aliphatic rings. The zero-order valence-corrected chi connectivity index (χ0v) is 10.6. The predicted molar refractivity (Wildman–Crippen MR) is 68.7 cm³/mol. The van der Waals surface area contributed by atoms with E-state index in [1.54, 1.807) is 0 Å². The molecular formula is C12H18FNO2S. The molecule has 17 heavy (non-hydrogen) atoms. The first-order valence-corrected chi connectivity index (χ1v) is 6.51. The summed E-state index contributed by atoms with van der Waals surface area (Å²) >= 11 is 0.585. The molecule has 0 aliphatic heterocycles. The van der Waals surface area contributed by atoms with Crippen LogP contribution < -0.4 is 5.32 Å². The van der Waals surface area contributed by atoms with E-state index in [4.69, 9.17) is 4.55 Å². The van der Waals surface area contributed by atoms with Gasteiger partial charge in [0.2, 0.25) is 0 Å². The van der Waals surface area contributed by atoms with E-state index >= 15 is 0 Å². The van der Waals surface area contributed by atoms with Gasteiger partial charge in [0.1, 0.15) is 6.10 Å². The van der Waals surface area contributed by atoms with Gasteiger partial charge in [-0.15, -0.1) is 0 Å². The van der Waals surface area contributed by atoms with Gasteiger partial charge >= 0.3 is 0 Å². The van der Waals surface area contributed by atoms with Crippen LogP contribution in [-0.4, -0.2) is 29.0 Å². The maximum Gasteiger partial charge on any atom is 0.122 e. The molecule has 0 aromatic heterocycles. The lowest BCUT2D eigenvalue weighted by Crippen LogP contribution is -2.36. The Kier molecular flexibility index (Phi) is 7.19. The number of hydrogen-bond acceptors (Lipinski definition) is 4. The summed E-state index contributed by atoms with van der Waals surface area (Å²) in [6.45, 7) is 2.42. The van der Waals surface area contributed by atoms with Gasteiger partial charge < -0.3 is 9.87 Å². The van der Waals surface area contributed by atoms with E-state index in [2.05, 4.69) is 22.4 Å². The van der Waals surface area contributed by atoms with Gasteiger partial charge in [-0.2, -0.15) is 4.94 Å². The van der Waals surface area contributed by atoms with Crippen LogP contribution in [0.1, 0.15) is 12.5 Å². The molecule has 0 radical (unpaired) electrons. The third kappa shape index (κ3) is 6.02. The Morgan fingerprint density at radius 3 is 2.71 bits per heavy atom. The molecule has 2 N–H and O–H groups in total. The molecular weight excluding hydrogens is 241 g/mol. The van der Waals surface area contributed by atoms with Crippen molar-refractivity contribution in [2.24, 2.45) is 0 Å². The molecule has 2 unspecified atom stereocenters. The van der Waals surface area contributed by atoms with E-state index in [9.17, 15) is 4.53 Å². The van der Waals surface area contributed by atoms with Crippen molar-refractivity contribution in [1.82, 2.24) is 5.32 Å². The van der Waals surface area contributed by atoms with Crippen molar-refractivity contribution < 1.29 is 14.0 Å². The number of rotatable bonds is 8. The second-order valence-electron chi connectivity index (χ2n) is 4.01. The first-order valence-electron chi connectivity index (χ1n) is 5.57. The van der Waals surface area contributed by atoms with Gasteiger partial charge in [0, 0.05) is 12.6 Å². The van der Waals surface area contributed by atoms with Gasteiger partial charge in [-0.25, -0.2) is 0 Å². The Bertz CT molecular complexity index is 300. The molecule has 0 spiro atoms. The maximum absolute atomic E-state index is 12.1. The first kappa shape index (κ1) is 14.4. The fraction of sp³-hybridized carbons (Fsp3) is 0.500. The summed E-state index contributed by atoms with van der Waals surface area (Å²) in [6.07, 6.45) is 0.273. The van der Waals surface area contributed by atoms with Crippen molar-refractivity contribution >= 4 is 12.0 Å². The summed E-state index contributed by atoms with van der Waals surface area (Å²) in [7, 11) is 0. The lowest BCUT2D eigenvalue weighted by Gasteiger charge is -2.17. The van der Waals surface area contributed by atoms with Gasteiger partial charge in [0.25, 0.3) is 0 Å². The third-order valence-corrected chi connectivity index (χ3v) is 2.99. The molecule has 1 rings (SSSR count). The monoisotopic (exact) mass is 259 g/mol. The van der Waals surface area contributed by atoms with Crippen molar-refractivity contribution in [3.63, 3.8) is 0 Å². The molecule has 2 atom stereocenters.